The minimum atomic E-state index is -4.35. The summed E-state index contributed by atoms with van der Waals surface area (Å²) in [5, 5.41) is 2.87. The van der Waals surface area contributed by atoms with E-state index >= 15 is 0 Å². The second-order valence-electron chi connectivity index (χ2n) is 5.05. The van der Waals surface area contributed by atoms with E-state index in [0.717, 1.165) is 31.8 Å². The van der Waals surface area contributed by atoms with Crippen molar-refractivity contribution in [2.45, 2.75) is 20.0 Å². The van der Waals surface area contributed by atoms with E-state index < -0.39 is 11.7 Å². The Labute approximate surface area is 122 Å². The van der Waals surface area contributed by atoms with Crippen LogP contribution in [0.25, 0.3) is 0 Å². The molecular formula is C14H21F3N4. The molecule has 0 atom stereocenters. The van der Waals surface area contributed by atoms with Crippen molar-refractivity contribution in [1.29, 1.82) is 0 Å². The molecule has 21 heavy (non-hydrogen) atoms. The predicted octanol–water partition coefficient (Wildman–Crippen LogP) is 2.67. The van der Waals surface area contributed by atoms with E-state index in [9.17, 15) is 13.2 Å². The van der Waals surface area contributed by atoms with Crippen molar-refractivity contribution in [3.05, 3.63) is 17.7 Å². The molecule has 1 aliphatic rings. The first-order valence-electron chi connectivity index (χ1n) is 7.24. The molecule has 0 aliphatic carbocycles. The second-order valence-corrected chi connectivity index (χ2v) is 5.05. The molecule has 0 aromatic carbocycles. The number of pyridine rings is 1. The van der Waals surface area contributed by atoms with Gasteiger partial charge in [0.15, 0.2) is 0 Å². The Kier molecular flexibility index (Phi) is 4.92. The topological polar surface area (TPSA) is 31.4 Å². The van der Waals surface area contributed by atoms with Gasteiger partial charge < -0.3 is 15.1 Å². The van der Waals surface area contributed by atoms with Crippen LogP contribution in [0.2, 0.25) is 0 Å². The fourth-order valence-electron chi connectivity index (χ4n) is 2.41. The first-order valence-corrected chi connectivity index (χ1v) is 7.24. The first kappa shape index (κ1) is 15.9. The van der Waals surface area contributed by atoms with Gasteiger partial charge in [0.25, 0.3) is 0 Å². The van der Waals surface area contributed by atoms with Crippen LogP contribution in [0.4, 0.5) is 24.8 Å². The number of hydrogen-bond acceptors (Lipinski definition) is 4. The highest BCUT2D eigenvalue weighted by Crippen LogP contribution is 2.33. The Bertz CT molecular complexity index is 468. The Morgan fingerprint density at radius 3 is 2.33 bits per heavy atom. The van der Waals surface area contributed by atoms with Crippen LogP contribution in [-0.4, -0.2) is 49.2 Å². The van der Waals surface area contributed by atoms with Gasteiger partial charge in [0.05, 0.1) is 5.56 Å². The molecule has 1 fully saturated rings. The zero-order valence-electron chi connectivity index (χ0n) is 12.4. The Morgan fingerprint density at radius 1 is 1.14 bits per heavy atom. The van der Waals surface area contributed by atoms with Gasteiger partial charge in [-0.3, -0.25) is 0 Å². The largest absolute Gasteiger partial charge is 0.416 e. The first-order chi connectivity index (χ1) is 9.94. The highest BCUT2D eigenvalue weighted by atomic mass is 19.4. The van der Waals surface area contributed by atoms with E-state index in [1.54, 1.807) is 0 Å². The van der Waals surface area contributed by atoms with E-state index in [0.29, 0.717) is 25.5 Å². The molecular weight excluding hydrogens is 281 g/mol. The maximum atomic E-state index is 13.0. The third kappa shape index (κ3) is 4.00. The summed E-state index contributed by atoms with van der Waals surface area (Å²) in [7, 11) is 0. The number of piperazine rings is 1. The van der Waals surface area contributed by atoms with Crippen molar-refractivity contribution in [3.8, 4) is 0 Å². The van der Waals surface area contributed by atoms with Gasteiger partial charge in [0.1, 0.15) is 11.6 Å². The van der Waals surface area contributed by atoms with Crippen LogP contribution in [0.15, 0.2) is 12.1 Å². The summed E-state index contributed by atoms with van der Waals surface area (Å²) in [6.07, 6.45) is -4.35. The molecule has 0 spiro atoms. The Morgan fingerprint density at radius 2 is 1.81 bits per heavy atom. The Hall–Kier alpha value is -1.50. The molecule has 0 bridgehead atoms. The second kappa shape index (κ2) is 6.51. The predicted molar refractivity (Wildman–Crippen MR) is 77.7 cm³/mol. The normalized spacial score (nSPS) is 17.1. The third-order valence-corrected chi connectivity index (χ3v) is 3.64. The SMILES string of the molecule is CCNc1cc(C(F)(F)F)cc(N2CCN(CC)CC2)n1. The van der Waals surface area contributed by atoms with Crippen LogP contribution in [0.1, 0.15) is 19.4 Å². The number of anilines is 2. The fraction of sp³-hybridized carbons (Fsp3) is 0.643. The van der Waals surface area contributed by atoms with E-state index in [1.807, 2.05) is 11.8 Å². The minimum absolute atomic E-state index is 0.278. The molecule has 118 valence electrons. The molecule has 1 N–H and O–H groups in total. The molecule has 0 amide bonds. The monoisotopic (exact) mass is 302 g/mol. The number of halogens is 3. The van der Waals surface area contributed by atoms with Crippen molar-refractivity contribution in [3.63, 3.8) is 0 Å². The average molecular weight is 302 g/mol. The summed E-state index contributed by atoms with van der Waals surface area (Å²) in [4.78, 5) is 8.50. The molecule has 0 saturated carbocycles. The average Bonchev–Trinajstić information content (AvgIpc) is 2.46. The highest BCUT2D eigenvalue weighted by Gasteiger charge is 2.32. The molecule has 0 radical (unpaired) electrons. The molecule has 4 nitrogen and oxygen atoms in total. The third-order valence-electron chi connectivity index (χ3n) is 3.64. The zero-order valence-corrected chi connectivity index (χ0v) is 12.4. The highest BCUT2D eigenvalue weighted by molar-refractivity contribution is 5.51. The van der Waals surface area contributed by atoms with Gasteiger partial charge in [-0.2, -0.15) is 13.2 Å². The van der Waals surface area contributed by atoms with Crippen molar-refractivity contribution in [2.75, 3.05) is 49.5 Å². The van der Waals surface area contributed by atoms with Crippen molar-refractivity contribution >= 4 is 11.6 Å². The van der Waals surface area contributed by atoms with Crippen LogP contribution in [0.5, 0.6) is 0 Å². The number of likely N-dealkylation sites (N-methyl/N-ethyl adjacent to an activating group) is 1. The van der Waals surface area contributed by atoms with Gasteiger partial charge in [-0.1, -0.05) is 6.92 Å². The van der Waals surface area contributed by atoms with Gasteiger partial charge in [0.2, 0.25) is 0 Å². The number of nitrogens with one attached hydrogen (secondary N) is 1. The number of rotatable bonds is 4. The minimum Gasteiger partial charge on any atom is -0.370 e. The number of aromatic nitrogens is 1. The summed E-state index contributed by atoms with van der Waals surface area (Å²) in [5.41, 5.74) is -0.652. The van der Waals surface area contributed by atoms with E-state index in [4.69, 9.17) is 0 Å². The quantitative estimate of drug-likeness (QED) is 0.926. The summed E-state index contributed by atoms with van der Waals surface area (Å²) in [6.45, 7) is 8.53. The summed E-state index contributed by atoms with van der Waals surface area (Å²) in [6, 6.07) is 2.21. The lowest BCUT2D eigenvalue weighted by molar-refractivity contribution is -0.137. The van der Waals surface area contributed by atoms with Crippen molar-refractivity contribution in [2.24, 2.45) is 0 Å². The molecule has 1 saturated heterocycles. The van der Waals surface area contributed by atoms with E-state index in [-0.39, 0.29) is 5.82 Å². The van der Waals surface area contributed by atoms with Crippen LogP contribution < -0.4 is 10.2 Å². The van der Waals surface area contributed by atoms with Gasteiger partial charge in [-0.25, -0.2) is 4.98 Å². The smallest absolute Gasteiger partial charge is 0.370 e. The molecule has 1 aliphatic heterocycles. The summed E-state index contributed by atoms with van der Waals surface area (Å²) < 4.78 is 39.0. The van der Waals surface area contributed by atoms with Crippen LogP contribution in [-0.2, 0) is 6.18 Å². The van der Waals surface area contributed by atoms with Gasteiger partial charge >= 0.3 is 6.18 Å². The van der Waals surface area contributed by atoms with Crippen LogP contribution >= 0.6 is 0 Å². The summed E-state index contributed by atoms with van der Waals surface area (Å²) >= 11 is 0. The van der Waals surface area contributed by atoms with Crippen molar-refractivity contribution in [1.82, 2.24) is 9.88 Å². The van der Waals surface area contributed by atoms with Gasteiger partial charge in [-0.15, -0.1) is 0 Å². The lowest BCUT2D eigenvalue weighted by Crippen LogP contribution is -2.46. The molecule has 7 heteroatoms. The van der Waals surface area contributed by atoms with Crippen molar-refractivity contribution < 1.29 is 13.2 Å². The standard InChI is InChI=1S/C14H21F3N4/c1-3-18-12-9-11(14(15,16)17)10-13(19-12)21-7-5-20(4-2)6-8-21/h9-10H,3-8H2,1-2H3,(H,18,19). The molecule has 2 rings (SSSR count). The van der Waals surface area contributed by atoms with E-state index in [2.05, 4.69) is 22.1 Å². The maximum Gasteiger partial charge on any atom is 0.416 e. The number of hydrogen-bond donors (Lipinski definition) is 1. The number of alkyl halides is 3. The van der Waals surface area contributed by atoms with Crippen LogP contribution in [0.3, 0.4) is 0 Å². The fourth-order valence-corrected chi connectivity index (χ4v) is 2.41. The maximum absolute atomic E-state index is 13.0. The molecule has 1 aromatic heterocycles. The van der Waals surface area contributed by atoms with Crippen LogP contribution in [0, 0.1) is 0 Å². The molecule has 1 aromatic rings. The number of nitrogens with zero attached hydrogens (tertiary/aromatic N) is 3. The lowest BCUT2D eigenvalue weighted by atomic mass is 10.2. The van der Waals surface area contributed by atoms with Gasteiger partial charge in [-0.05, 0) is 25.6 Å². The molecule has 2 heterocycles. The van der Waals surface area contributed by atoms with E-state index in [1.165, 1.54) is 0 Å². The summed E-state index contributed by atoms with van der Waals surface area (Å²) in [5.74, 6) is 0.678. The lowest BCUT2D eigenvalue weighted by Gasteiger charge is -2.35. The zero-order chi connectivity index (χ0) is 15.5. The molecule has 0 unspecified atom stereocenters. The van der Waals surface area contributed by atoms with Gasteiger partial charge in [0, 0.05) is 32.7 Å². The Balaban J connectivity index is 2.24.